The molecular formula is C26H35N5O5S. The summed E-state index contributed by atoms with van der Waals surface area (Å²) in [6, 6.07) is 4.15. The van der Waals surface area contributed by atoms with E-state index in [9.17, 15) is 14.4 Å². The van der Waals surface area contributed by atoms with Crippen LogP contribution in [0.15, 0.2) is 18.2 Å². The molecule has 2 aromatic rings. The lowest BCUT2D eigenvalue weighted by Crippen LogP contribution is -2.50. The number of anilines is 1. The van der Waals surface area contributed by atoms with Crippen molar-refractivity contribution in [2.24, 2.45) is 5.73 Å². The molecule has 3 amide bonds. The lowest BCUT2D eigenvalue weighted by atomic mass is 9.94. The summed E-state index contributed by atoms with van der Waals surface area (Å²) in [6.07, 6.45) is 8.41. The summed E-state index contributed by atoms with van der Waals surface area (Å²) in [5.74, 6) is -0.691. The Bertz CT molecular complexity index is 1140. The van der Waals surface area contributed by atoms with Crippen molar-refractivity contribution in [2.45, 2.75) is 75.9 Å². The normalized spacial score (nSPS) is 17.2. The molecule has 200 valence electrons. The minimum atomic E-state index is -0.999. The van der Waals surface area contributed by atoms with Crippen molar-refractivity contribution in [2.75, 3.05) is 20.0 Å². The number of benzene rings is 1. The second-order valence-electron chi connectivity index (χ2n) is 9.62. The summed E-state index contributed by atoms with van der Waals surface area (Å²) in [5.41, 5.74) is 11.9. The van der Waals surface area contributed by atoms with Crippen LogP contribution < -0.4 is 26.3 Å². The zero-order valence-electron chi connectivity index (χ0n) is 21.3. The third-order valence-corrected chi connectivity index (χ3v) is 8.17. The molecule has 11 heteroatoms. The number of hydrogen-bond acceptors (Lipinski definition) is 8. The Hall–Kier alpha value is -3.34. The number of rotatable bonds is 9. The van der Waals surface area contributed by atoms with E-state index in [0.29, 0.717) is 17.1 Å². The van der Waals surface area contributed by atoms with E-state index in [0.717, 1.165) is 69.3 Å². The molecule has 5 N–H and O–H groups in total. The molecule has 1 atom stereocenters. The molecule has 2 fully saturated rings. The summed E-state index contributed by atoms with van der Waals surface area (Å²) >= 11 is 0.823. The van der Waals surface area contributed by atoms with E-state index >= 15 is 0 Å². The quantitative estimate of drug-likeness (QED) is 0.450. The number of para-hydroxylation sites is 1. The smallest absolute Gasteiger partial charge is 0.270 e. The van der Waals surface area contributed by atoms with Crippen molar-refractivity contribution < 1.29 is 23.9 Å². The van der Waals surface area contributed by atoms with Gasteiger partial charge in [0.05, 0.1) is 19.9 Å². The van der Waals surface area contributed by atoms with Crippen molar-refractivity contribution in [1.29, 1.82) is 0 Å². The zero-order valence-corrected chi connectivity index (χ0v) is 22.1. The third-order valence-electron chi connectivity index (χ3n) is 7.31. The van der Waals surface area contributed by atoms with E-state index in [-0.39, 0.29) is 34.2 Å². The van der Waals surface area contributed by atoms with Crippen LogP contribution in [-0.4, -0.2) is 53.3 Å². The number of nitrogens with one attached hydrogen (secondary N) is 1. The van der Waals surface area contributed by atoms with Gasteiger partial charge in [-0.15, -0.1) is 0 Å². The maximum atomic E-state index is 14.2. The highest BCUT2D eigenvalue weighted by atomic mass is 32.1. The summed E-state index contributed by atoms with van der Waals surface area (Å²) in [6.45, 7) is 0. The largest absolute Gasteiger partial charge is 0.493 e. The molecule has 2 saturated carbocycles. The second-order valence-corrected chi connectivity index (χ2v) is 10.4. The predicted molar refractivity (Wildman–Crippen MR) is 141 cm³/mol. The van der Waals surface area contributed by atoms with Crippen LogP contribution in [0.2, 0.25) is 0 Å². The standard InChI is InChI=1S/C26H35N5O5S/c1-35-18-14-8-13-17(22(18)36-2)21(25(33)29-15-9-4-3-5-10-15)31(16-11-6-7-12-16)26(34)23-19(27)20(24(28)32)30-37-23/h8,13-16,21H,3-7,9-12,27H2,1-2H3,(H2,28,32)(H,29,33)/t21-/m0/s1. The Morgan fingerprint density at radius 1 is 1.05 bits per heavy atom. The molecule has 1 aromatic carbocycles. The average molecular weight is 530 g/mol. The van der Waals surface area contributed by atoms with Gasteiger partial charge < -0.3 is 31.2 Å². The van der Waals surface area contributed by atoms with Crippen LogP contribution >= 0.6 is 11.5 Å². The molecule has 37 heavy (non-hydrogen) atoms. The maximum absolute atomic E-state index is 14.2. The summed E-state index contributed by atoms with van der Waals surface area (Å²) in [4.78, 5) is 41.8. The number of carbonyl (C=O) groups is 3. The maximum Gasteiger partial charge on any atom is 0.270 e. The fourth-order valence-corrected chi connectivity index (χ4v) is 6.24. The van der Waals surface area contributed by atoms with Gasteiger partial charge in [0, 0.05) is 17.6 Å². The lowest BCUT2D eigenvalue weighted by Gasteiger charge is -2.37. The SMILES string of the molecule is COc1cccc([C@@H](C(=O)NC2CCCCC2)N(C(=O)c2snc(C(N)=O)c2N)C2CCCC2)c1OC. The molecule has 1 aromatic heterocycles. The zero-order chi connectivity index (χ0) is 26.5. The van der Waals surface area contributed by atoms with E-state index in [1.807, 2.05) is 0 Å². The highest BCUT2D eigenvalue weighted by Gasteiger charge is 2.42. The topological polar surface area (TPSA) is 150 Å². The first kappa shape index (κ1) is 26.7. The number of nitrogens with two attached hydrogens (primary N) is 2. The molecule has 0 unspecified atom stereocenters. The van der Waals surface area contributed by atoms with Crippen molar-refractivity contribution >= 4 is 34.9 Å². The van der Waals surface area contributed by atoms with Crippen LogP contribution in [-0.2, 0) is 4.79 Å². The second kappa shape index (κ2) is 11.8. The molecule has 0 bridgehead atoms. The molecule has 1 heterocycles. The summed E-state index contributed by atoms with van der Waals surface area (Å²) < 4.78 is 15.3. The van der Waals surface area contributed by atoms with Gasteiger partial charge >= 0.3 is 0 Å². The number of methoxy groups -OCH3 is 2. The number of primary amides is 1. The highest BCUT2D eigenvalue weighted by Crippen LogP contribution is 2.41. The predicted octanol–water partition coefficient (Wildman–Crippen LogP) is 3.42. The van der Waals surface area contributed by atoms with Crippen LogP contribution in [0.5, 0.6) is 11.5 Å². The number of hydrogen-bond donors (Lipinski definition) is 3. The molecule has 4 rings (SSSR count). The van der Waals surface area contributed by atoms with E-state index in [4.69, 9.17) is 20.9 Å². The van der Waals surface area contributed by atoms with E-state index in [2.05, 4.69) is 9.69 Å². The van der Waals surface area contributed by atoms with Crippen molar-refractivity contribution in [3.8, 4) is 11.5 Å². The van der Waals surface area contributed by atoms with Crippen LogP contribution in [0.3, 0.4) is 0 Å². The first-order chi connectivity index (χ1) is 17.9. The lowest BCUT2D eigenvalue weighted by molar-refractivity contribution is -0.127. The Morgan fingerprint density at radius 3 is 2.32 bits per heavy atom. The van der Waals surface area contributed by atoms with Gasteiger partial charge in [0.1, 0.15) is 10.9 Å². The van der Waals surface area contributed by atoms with Crippen molar-refractivity contribution in [3.05, 3.63) is 34.3 Å². The van der Waals surface area contributed by atoms with Gasteiger partial charge in [0.2, 0.25) is 5.91 Å². The molecule has 0 spiro atoms. The number of amides is 3. The number of aromatic nitrogens is 1. The van der Waals surface area contributed by atoms with Crippen LogP contribution in [0.25, 0.3) is 0 Å². The third kappa shape index (κ3) is 5.51. The van der Waals surface area contributed by atoms with Crippen molar-refractivity contribution in [1.82, 2.24) is 14.6 Å². The van der Waals surface area contributed by atoms with Crippen molar-refractivity contribution in [3.63, 3.8) is 0 Å². The van der Waals surface area contributed by atoms with Crippen LogP contribution in [0.1, 0.15) is 89.6 Å². The Morgan fingerprint density at radius 2 is 1.73 bits per heavy atom. The highest BCUT2D eigenvalue weighted by molar-refractivity contribution is 7.09. The van der Waals surface area contributed by atoms with E-state index in [1.165, 1.54) is 14.2 Å². The molecule has 10 nitrogen and oxygen atoms in total. The van der Waals surface area contributed by atoms with Gasteiger partial charge in [0.25, 0.3) is 11.8 Å². The van der Waals surface area contributed by atoms with Gasteiger partial charge in [-0.1, -0.05) is 44.2 Å². The number of carbonyl (C=O) groups excluding carboxylic acids is 3. The number of nitrogens with zero attached hydrogens (tertiary/aromatic N) is 2. The van der Waals surface area contributed by atoms with Gasteiger partial charge in [-0.05, 0) is 43.3 Å². The fourth-order valence-electron chi connectivity index (χ4n) is 5.49. The first-order valence-corrected chi connectivity index (χ1v) is 13.5. The fraction of sp³-hybridized carbons (Fsp3) is 0.538. The summed E-state index contributed by atoms with van der Waals surface area (Å²) in [5, 5.41) is 3.21. The summed E-state index contributed by atoms with van der Waals surface area (Å²) in [7, 11) is 3.04. The van der Waals surface area contributed by atoms with E-state index < -0.39 is 17.9 Å². The molecule has 2 aliphatic carbocycles. The minimum absolute atomic E-state index is 0.0378. The number of ether oxygens (including phenoxy) is 2. The molecule has 0 radical (unpaired) electrons. The Labute approximate surface area is 220 Å². The van der Waals surface area contributed by atoms with Gasteiger partial charge in [-0.2, -0.15) is 4.37 Å². The monoisotopic (exact) mass is 529 g/mol. The number of nitrogen functional groups attached to an aromatic ring is 1. The molecular weight excluding hydrogens is 494 g/mol. The average Bonchev–Trinajstić information content (AvgIpc) is 3.56. The molecule has 0 saturated heterocycles. The molecule has 2 aliphatic rings. The van der Waals surface area contributed by atoms with Gasteiger partial charge in [-0.3, -0.25) is 14.4 Å². The minimum Gasteiger partial charge on any atom is -0.493 e. The first-order valence-electron chi connectivity index (χ1n) is 12.8. The van der Waals surface area contributed by atoms with Crippen LogP contribution in [0.4, 0.5) is 5.69 Å². The van der Waals surface area contributed by atoms with Gasteiger partial charge in [-0.25, -0.2) is 0 Å². The Balaban J connectivity index is 1.83. The van der Waals surface area contributed by atoms with Crippen LogP contribution in [0, 0.1) is 0 Å². The van der Waals surface area contributed by atoms with Gasteiger partial charge in [0.15, 0.2) is 17.2 Å². The molecule has 0 aliphatic heterocycles. The Kier molecular flexibility index (Phi) is 8.52. The van der Waals surface area contributed by atoms with E-state index in [1.54, 1.807) is 23.1 Å².